The summed E-state index contributed by atoms with van der Waals surface area (Å²) in [5.74, 6) is -1.03. The standard InChI is InChI=1S/C8H12N4O6/c9-6(16)3-7(17)12(11-10-3)8-5(15)4(14)2(1-13)18-8/h2,4-5,8,11,13-15H,1H2,(H2,9,16)/t2-,4-,5-,8-/m0/s1. The van der Waals surface area contributed by atoms with Gasteiger partial charge in [-0.05, 0) is 0 Å². The van der Waals surface area contributed by atoms with E-state index in [1.165, 1.54) is 0 Å². The van der Waals surface area contributed by atoms with E-state index in [1.54, 1.807) is 0 Å². The Balaban J connectivity index is 2.33. The Morgan fingerprint density at radius 2 is 2.17 bits per heavy atom. The molecule has 0 spiro atoms. The minimum absolute atomic E-state index is 0.527. The van der Waals surface area contributed by atoms with E-state index in [-0.39, 0.29) is 0 Å². The predicted molar refractivity (Wildman–Crippen MR) is 54.4 cm³/mol. The number of carbonyl (C=O) groups excluding carboxylic acids is 1. The minimum Gasteiger partial charge on any atom is -0.394 e. The van der Waals surface area contributed by atoms with Crippen LogP contribution >= 0.6 is 0 Å². The van der Waals surface area contributed by atoms with Gasteiger partial charge in [-0.1, -0.05) is 0 Å². The van der Waals surface area contributed by atoms with Gasteiger partial charge >= 0.3 is 5.56 Å². The Morgan fingerprint density at radius 1 is 1.50 bits per heavy atom. The lowest BCUT2D eigenvalue weighted by molar-refractivity contribution is -0.0609. The normalized spacial score (nSPS) is 31.7. The maximum absolute atomic E-state index is 11.7. The highest BCUT2D eigenvalue weighted by Crippen LogP contribution is 2.27. The third-order valence-electron chi connectivity index (χ3n) is 2.70. The number of rotatable bonds is 3. The second-order valence-corrected chi connectivity index (χ2v) is 3.83. The molecule has 0 unspecified atom stereocenters. The van der Waals surface area contributed by atoms with Gasteiger partial charge in [0, 0.05) is 0 Å². The lowest BCUT2D eigenvalue weighted by Gasteiger charge is -2.13. The van der Waals surface area contributed by atoms with Crippen LogP contribution in [0.3, 0.4) is 0 Å². The number of aromatic amines is 1. The van der Waals surface area contributed by atoms with Gasteiger partial charge in [-0.15, -0.1) is 5.10 Å². The van der Waals surface area contributed by atoms with Crippen molar-refractivity contribution in [2.75, 3.05) is 6.61 Å². The minimum atomic E-state index is -1.44. The molecule has 2 rings (SSSR count). The number of ether oxygens (including phenoxy) is 1. The molecule has 6 N–H and O–H groups in total. The second kappa shape index (κ2) is 4.49. The summed E-state index contributed by atoms with van der Waals surface area (Å²) in [5.41, 5.74) is 3.50. The highest BCUT2D eigenvalue weighted by atomic mass is 16.6. The summed E-state index contributed by atoms with van der Waals surface area (Å²) in [4.78, 5) is 22.5. The van der Waals surface area contributed by atoms with Crippen LogP contribution < -0.4 is 11.3 Å². The lowest BCUT2D eigenvalue weighted by atomic mass is 10.1. The number of nitrogens with zero attached hydrogens (tertiary/aromatic N) is 2. The Bertz CT molecular complexity index is 510. The third-order valence-corrected chi connectivity index (χ3v) is 2.70. The first-order valence-electron chi connectivity index (χ1n) is 5.06. The van der Waals surface area contributed by atoms with Crippen molar-refractivity contribution in [3.63, 3.8) is 0 Å². The molecular formula is C8H12N4O6. The molecular weight excluding hydrogens is 248 g/mol. The summed E-state index contributed by atoms with van der Waals surface area (Å²) >= 11 is 0. The Labute approximate surface area is 99.6 Å². The zero-order valence-electron chi connectivity index (χ0n) is 9.05. The van der Waals surface area contributed by atoms with E-state index in [0.717, 1.165) is 4.68 Å². The van der Waals surface area contributed by atoms with E-state index in [2.05, 4.69) is 10.3 Å². The summed E-state index contributed by atoms with van der Waals surface area (Å²) in [6.07, 6.45) is -5.10. The highest BCUT2D eigenvalue weighted by molar-refractivity contribution is 5.90. The van der Waals surface area contributed by atoms with E-state index in [0.29, 0.717) is 0 Å². The molecule has 4 atom stereocenters. The zero-order chi connectivity index (χ0) is 13.4. The maximum atomic E-state index is 11.7. The first-order valence-corrected chi connectivity index (χ1v) is 5.06. The highest BCUT2D eigenvalue weighted by Gasteiger charge is 2.44. The van der Waals surface area contributed by atoms with Gasteiger partial charge in [0.15, 0.2) is 6.23 Å². The molecule has 0 radical (unpaired) electrons. The third kappa shape index (κ3) is 1.80. The first-order chi connectivity index (χ1) is 8.47. The van der Waals surface area contributed by atoms with Gasteiger partial charge in [0.25, 0.3) is 5.91 Å². The summed E-state index contributed by atoms with van der Waals surface area (Å²) in [7, 11) is 0. The average molecular weight is 260 g/mol. The number of aliphatic hydroxyl groups is 3. The number of nitrogens with two attached hydrogens (primary N) is 1. The van der Waals surface area contributed by atoms with Crippen LogP contribution in [0.15, 0.2) is 4.79 Å². The molecule has 0 aromatic carbocycles. The van der Waals surface area contributed by atoms with E-state index < -0.39 is 48.3 Å². The average Bonchev–Trinajstić information content (AvgIpc) is 2.82. The molecule has 1 fully saturated rings. The number of hydrogen-bond donors (Lipinski definition) is 5. The van der Waals surface area contributed by atoms with E-state index in [1.807, 2.05) is 0 Å². The molecule has 0 saturated carbocycles. The van der Waals surface area contributed by atoms with Gasteiger partial charge in [0.1, 0.15) is 18.3 Å². The van der Waals surface area contributed by atoms with Gasteiger partial charge < -0.3 is 25.8 Å². The number of carbonyl (C=O) groups is 1. The van der Waals surface area contributed by atoms with Crippen molar-refractivity contribution in [2.24, 2.45) is 5.73 Å². The van der Waals surface area contributed by atoms with Crippen molar-refractivity contribution in [1.29, 1.82) is 0 Å². The molecule has 1 amide bonds. The van der Waals surface area contributed by atoms with Crippen molar-refractivity contribution in [3.8, 4) is 0 Å². The quantitative estimate of drug-likeness (QED) is 0.373. The molecule has 1 aliphatic rings. The van der Waals surface area contributed by atoms with Crippen LogP contribution in [0.4, 0.5) is 0 Å². The Hall–Kier alpha value is -1.75. The number of amides is 1. The first kappa shape index (κ1) is 12.7. The Morgan fingerprint density at radius 3 is 2.61 bits per heavy atom. The molecule has 0 aliphatic carbocycles. The fourth-order valence-corrected chi connectivity index (χ4v) is 1.74. The van der Waals surface area contributed by atoms with Crippen LogP contribution in [0.25, 0.3) is 0 Å². The SMILES string of the molecule is NC(=O)c1n[nH]n([C@H]2O[C@@H](CO)[C@H](O)[C@@H]2O)c1=O. The lowest BCUT2D eigenvalue weighted by Crippen LogP contribution is -2.36. The number of hydrogen-bond acceptors (Lipinski definition) is 7. The molecule has 1 aromatic rings. The summed E-state index contributed by atoms with van der Waals surface area (Å²) in [6, 6.07) is 0. The van der Waals surface area contributed by atoms with Crippen LogP contribution in [0.1, 0.15) is 16.7 Å². The fraction of sp³-hybridized carbons (Fsp3) is 0.625. The fourth-order valence-electron chi connectivity index (χ4n) is 1.74. The number of primary amides is 1. The second-order valence-electron chi connectivity index (χ2n) is 3.83. The molecule has 10 nitrogen and oxygen atoms in total. The van der Waals surface area contributed by atoms with Crippen molar-refractivity contribution >= 4 is 5.91 Å². The van der Waals surface area contributed by atoms with Gasteiger partial charge in [-0.3, -0.25) is 9.59 Å². The summed E-state index contributed by atoms with van der Waals surface area (Å²) < 4.78 is 5.81. The molecule has 100 valence electrons. The van der Waals surface area contributed by atoms with E-state index in [9.17, 15) is 19.8 Å². The van der Waals surface area contributed by atoms with Crippen molar-refractivity contribution in [3.05, 3.63) is 16.0 Å². The van der Waals surface area contributed by atoms with Gasteiger partial charge in [0.2, 0.25) is 5.69 Å². The maximum Gasteiger partial charge on any atom is 0.302 e. The van der Waals surface area contributed by atoms with E-state index in [4.69, 9.17) is 15.6 Å². The van der Waals surface area contributed by atoms with Gasteiger partial charge in [0.05, 0.1) is 6.61 Å². The Kier molecular flexibility index (Phi) is 3.17. The van der Waals surface area contributed by atoms with Crippen molar-refractivity contribution in [2.45, 2.75) is 24.5 Å². The molecule has 10 heteroatoms. The van der Waals surface area contributed by atoms with Crippen LogP contribution in [-0.4, -0.2) is 61.1 Å². The predicted octanol–water partition coefficient (Wildman–Crippen LogP) is -3.72. The molecule has 1 saturated heterocycles. The van der Waals surface area contributed by atoms with Gasteiger partial charge in [-0.25, -0.2) is 9.90 Å². The molecule has 18 heavy (non-hydrogen) atoms. The largest absolute Gasteiger partial charge is 0.394 e. The van der Waals surface area contributed by atoms with E-state index >= 15 is 0 Å². The number of aliphatic hydroxyl groups excluding tert-OH is 3. The number of aromatic nitrogens is 3. The van der Waals surface area contributed by atoms with Crippen LogP contribution in [0, 0.1) is 0 Å². The van der Waals surface area contributed by atoms with Gasteiger partial charge in [-0.2, -0.15) is 0 Å². The van der Waals surface area contributed by atoms with Crippen molar-refractivity contribution < 1.29 is 24.9 Å². The summed E-state index contributed by atoms with van der Waals surface area (Å²) in [6.45, 7) is -0.527. The van der Waals surface area contributed by atoms with Crippen LogP contribution in [0.5, 0.6) is 0 Å². The molecule has 1 aromatic heterocycles. The number of H-pyrrole nitrogens is 1. The zero-order valence-corrected chi connectivity index (χ0v) is 9.05. The molecule has 2 heterocycles. The van der Waals surface area contributed by atoms with Crippen LogP contribution in [0.2, 0.25) is 0 Å². The molecule has 0 bridgehead atoms. The molecule has 1 aliphatic heterocycles. The topological polar surface area (TPSA) is 164 Å². The summed E-state index contributed by atoms with van der Waals surface area (Å²) in [5, 5.41) is 33.6. The van der Waals surface area contributed by atoms with Crippen molar-refractivity contribution in [1.82, 2.24) is 15.0 Å². The monoisotopic (exact) mass is 260 g/mol. The number of nitrogens with one attached hydrogen (secondary N) is 1. The smallest absolute Gasteiger partial charge is 0.302 e. The van der Waals surface area contributed by atoms with Crippen LogP contribution in [-0.2, 0) is 4.74 Å².